The summed E-state index contributed by atoms with van der Waals surface area (Å²) in [5.74, 6) is -0.208. The van der Waals surface area contributed by atoms with Crippen molar-refractivity contribution in [1.82, 2.24) is 30.0 Å². The molecule has 0 unspecified atom stereocenters. The molecule has 0 radical (unpaired) electrons. The molecule has 2 heterocycles. The molecule has 122 valence electrons. The van der Waals surface area contributed by atoms with Crippen molar-refractivity contribution in [3.05, 3.63) is 41.7 Å². The van der Waals surface area contributed by atoms with Gasteiger partial charge in [-0.3, -0.25) is 9.59 Å². The molecule has 1 aliphatic heterocycles. The Morgan fingerprint density at radius 2 is 1.92 bits per heavy atom. The Kier molecular flexibility index (Phi) is 4.47. The van der Waals surface area contributed by atoms with Gasteiger partial charge in [0.2, 0.25) is 5.91 Å². The second kappa shape index (κ2) is 6.87. The van der Waals surface area contributed by atoms with Gasteiger partial charge in [0.1, 0.15) is 12.9 Å². The minimum atomic E-state index is -0.125. The number of nitriles is 1. The monoisotopic (exact) mass is 325 g/mol. The van der Waals surface area contributed by atoms with Crippen molar-refractivity contribution in [1.29, 1.82) is 5.26 Å². The second-order valence-electron chi connectivity index (χ2n) is 5.37. The molecule has 0 bridgehead atoms. The average Bonchev–Trinajstić information content (AvgIpc) is 3.14. The number of amides is 2. The number of nitrogens with zero attached hydrogens (tertiary/aromatic N) is 7. The lowest BCUT2D eigenvalue weighted by molar-refractivity contribution is -0.133. The molecular formula is C15H15N7O2. The normalized spacial score (nSPS) is 14.3. The second-order valence-corrected chi connectivity index (χ2v) is 5.37. The smallest absolute Gasteiger partial charge is 0.254 e. The Bertz CT molecular complexity index is 773. The van der Waals surface area contributed by atoms with Crippen LogP contribution in [0.25, 0.3) is 0 Å². The first kappa shape index (κ1) is 15.6. The summed E-state index contributed by atoms with van der Waals surface area (Å²) < 4.78 is 1.37. The number of hydrogen-bond acceptors (Lipinski definition) is 6. The molecule has 1 aliphatic rings. The fraction of sp³-hybridized carbons (Fsp3) is 0.333. The summed E-state index contributed by atoms with van der Waals surface area (Å²) in [6.45, 7) is 1.92. The van der Waals surface area contributed by atoms with E-state index in [0.29, 0.717) is 37.3 Å². The summed E-state index contributed by atoms with van der Waals surface area (Å²) in [4.78, 5) is 28.0. The van der Waals surface area contributed by atoms with Crippen LogP contribution in [0.1, 0.15) is 15.9 Å². The van der Waals surface area contributed by atoms with Gasteiger partial charge in [0.05, 0.1) is 11.6 Å². The molecule has 0 spiro atoms. The van der Waals surface area contributed by atoms with E-state index in [1.165, 1.54) is 11.0 Å². The Balaban J connectivity index is 1.57. The minimum absolute atomic E-state index is 0.0825. The first-order chi connectivity index (χ1) is 11.7. The van der Waals surface area contributed by atoms with Crippen LogP contribution in [0.15, 0.2) is 30.6 Å². The molecule has 1 aromatic carbocycles. The standard InChI is InChI=1S/C15H15N7O2/c16-9-12-2-1-3-13(8-12)15(24)21-6-4-20(5-7-21)14(23)10-22-11-17-18-19-22/h1-3,8,11H,4-7,10H2. The summed E-state index contributed by atoms with van der Waals surface area (Å²) in [6, 6.07) is 8.65. The van der Waals surface area contributed by atoms with Crippen LogP contribution in [-0.4, -0.2) is 68.0 Å². The topological polar surface area (TPSA) is 108 Å². The molecule has 1 aromatic heterocycles. The van der Waals surface area contributed by atoms with Gasteiger partial charge in [-0.05, 0) is 28.6 Å². The lowest BCUT2D eigenvalue weighted by Crippen LogP contribution is -2.51. The highest BCUT2D eigenvalue weighted by atomic mass is 16.2. The van der Waals surface area contributed by atoms with Crippen molar-refractivity contribution < 1.29 is 9.59 Å². The third-order valence-electron chi connectivity index (χ3n) is 3.85. The zero-order valence-corrected chi connectivity index (χ0v) is 12.9. The van der Waals surface area contributed by atoms with Crippen LogP contribution in [0.5, 0.6) is 0 Å². The number of carbonyl (C=O) groups excluding carboxylic acids is 2. The lowest BCUT2D eigenvalue weighted by atomic mass is 10.1. The van der Waals surface area contributed by atoms with Crippen LogP contribution < -0.4 is 0 Å². The van der Waals surface area contributed by atoms with Crippen molar-refractivity contribution >= 4 is 11.8 Å². The maximum Gasteiger partial charge on any atom is 0.254 e. The largest absolute Gasteiger partial charge is 0.338 e. The Morgan fingerprint density at radius 1 is 1.17 bits per heavy atom. The third-order valence-corrected chi connectivity index (χ3v) is 3.85. The molecule has 3 rings (SSSR count). The van der Waals surface area contributed by atoms with Crippen molar-refractivity contribution in [2.45, 2.75) is 6.54 Å². The molecule has 2 aromatic rings. The van der Waals surface area contributed by atoms with E-state index in [4.69, 9.17) is 5.26 Å². The van der Waals surface area contributed by atoms with Gasteiger partial charge < -0.3 is 9.80 Å². The molecule has 0 saturated carbocycles. The van der Waals surface area contributed by atoms with Gasteiger partial charge in [0.15, 0.2) is 0 Å². The van der Waals surface area contributed by atoms with E-state index < -0.39 is 0 Å². The SMILES string of the molecule is N#Cc1cccc(C(=O)N2CCN(C(=O)Cn3cnnn3)CC2)c1. The maximum atomic E-state index is 12.5. The molecule has 1 fully saturated rings. The molecule has 9 heteroatoms. The van der Waals surface area contributed by atoms with Gasteiger partial charge in [0.25, 0.3) is 5.91 Å². The first-order valence-electron chi connectivity index (χ1n) is 7.45. The molecule has 0 aliphatic carbocycles. The van der Waals surface area contributed by atoms with E-state index in [0.717, 1.165) is 0 Å². The predicted molar refractivity (Wildman–Crippen MR) is 81.5 cm³/mol. The molecule has 1 saturated heterocycles. The fourth-order valence-corrected chi connectivity index (χ4v) is 2.55. The highest BCUT2D eigenvalue weighted by Gasteiger charge is 2.25. The Morgan fingerprint density at radius 3 is 2.58 bits per heavy atom. The van der Waals surface area contributed by atoms with Crippen molar-refractivity contribution in [3.63, 3.8) is 0 Å². The number of benzene rings is 1. The summed E-state index contributed by atoms with van der Waals surface area (Å²) >= 11 is 0. The van der Waals surface area contributed by atoms with Crippen LogP contribution in [0.4, 0.5) is 0 Å². The van der Waals surface area contributed by atoms with Gasteiger partial charge in [-0.1, -0.05) is 6.07 Å². The molecule has 0 atom stereocenters. The number of aromatic nitrogens is 4. The zero-order chi connectivity index (χ0) is 16.9. The quantitative estimate of drug-likeness (QED) is 0.755. The van der Waals surface area contributed by atoms with E-state index in [9.17, 15) is 9.59 Å². The van der Waals surface area contributed by atoms with E-state index in [1.54, 1.807) is 34.1 Å². The van der Waals surface area contributed by atoms with Gasteiger partial charge in [-0.2, -0.15) is 5.26 Å². The molecule has 0 N–H and O–H groups in total. The summed E-state index contributed by atoms with van der Waals surface area (Å²) in [7, 11) is 0. The van der Waals surface area contributed by atoms with Crippen molar-refractivity contribution in [3.8, 4) is 6.07 Å². The fourth-order valence-electron chi connectivity index (χ4n) is 2.55. The van der Waals surface area contributed by atoms with Crippen LogP contribution >= 0.6 is 0 Å². The van der Waals surface area contributed by atoms with E-state index in [2.05, 4.69) is 15.5 Å². The highest BCUT2D eigenvalue weighted by Crippen LogP contribution is 2.11. The van der Waals surface area contributed by atoms with Crippen molar-refractivity contribution in [2.75, 3.05) is 26.2 Å². The van der Waals surface area contributed by atoms with E-state index in [-0.39, 0.29) is 18.4 Å². The number of hydrogen-bond donors (Lipinski definition) is 0. The summed E-state index contributed by atoms with van der Waals surface area (Å²) in [5, 5.41) is 19.6. The molecular weight excluding hydrogens is 310 g/mol. The maximum absolute atomic E-state index is 12.5. The summed E-state index contributed by atoms with van der Waals surface area (Å²) in [6.07, 6.45) is 1.39. The number of rotatable bonds is 3. The predicted octanol–water partition coefficient (Wildman–Crippen LogP) is -0.471. The minimum Gasteiger partial charge on any atom is -0.338 e. The van der Waals surface area contributed by atoms with Crippen LogP contribution in [0.3, 0.4) is 0 Å². The number of carbonyl (C=O) groups is 2. The van der Waals surface area contributed by atoms with E-state index in [1.807, 2.05) is 6.07 Å². The molecule has 24 heavy (non-hydrogen) atoms. The van der Waals surface area contributed by atoms with Crippen LogP contribution in [-0.2, 0) is 11.3 Å². The zero-order valence-electron chi connectivity index (χ0n) is 12.9. The van der Waals surface area contributed by atoms with Gasteiger partial charge in [-0.25, -0.2) is 4.68 Å². The third kappa shape index (κ3) is 3.38. The highest BCUT2D eigenvalue weighted by molar-refractivity contribution is 5.94. The number of piperazine rings is 1. The van der Waals surface area contributed by atoms with Crippen LogP contribution in [0, 0.1) is 11.3 Å². The first-order valence-corrected chi connectivity index (χ1v) is 7.45. The number of tetrazole rings is 1. The van der Waals surface area contributed by atoms with E-state index >= 15 is 0 Å². The van der Waals surface area contributed by atoms with Gasteiger partial charge >= 0.3 is 0 Å². The Hall–Kier alpha value is -3.28. The van der Waals surface area contributed by atoms with Gasteiger partial charge in [0, 0.05) is 31.7 Å². The molecule has 2 amide bonds. The van der Waals surface area contributed by atoms with Gasteiger partial charge in [-0.15, -0.1) is 5.10 Å². The Labute approximate surface area is 138 Å². The molecule has 9 nitrogen and oxygen atoms in total. The summed E-state index contributed by atoms with van der Waals surface area (Å²) in [5.41, 5.74) is 0.943. The van der Waals surface area contributed by atoms with Crippen LogP contribution in [0.2, 0.25) is 0 Å². The van der Waals surface area contributed by atoms with Crippen molar-refractivity contribution in [2.24, 2.45) is 0 Å². The lowest BCUT2D eigenvalue weighted by Gasteiger charge is -2.34. The average molecular weight is 325 g/mol.